The van der Waals surface area contributed by atoms with Crippen LogP contribution in [0.2, 0.25) is 0 Å². The maximum Gasteiger partial charge on any atom is 0.410 e. The Balaban J connectivity index is 2.00. The van der Waals surface area contributed by atoms with Crippen LogP contribution in [0.1, 0.15) is 37.5 Å². The summed E-state index contributed by atoms with van der Waals surface area (Å²) in [5.41, 5.74) is 3.24. The van der Waals surface area contributed by atoms with E-state index in [4.69, 9.17) is 4.74 Å². The first-order chi connectivity index (χ1) is 9.78. The number of hydrogen-bond donors (Lipinski definition) is 1. The van der Waals surface area contributed by atoms with Crippen LogP contribution in [0.5, 0.6) is 0 Å². The van der Waals surface area contributed by atoms with Crippen molar-refractivity contribution < 1.29 is 14.6 Å². The Morgan fingerprint density at radius 3 is 2.62 bits per heavy atom. The number of carbonyl (C=O) groups excluding carboxylic acids is 1. The molecule has 1 atom stereocenters. The highest BCUT2D eigenvalue weighted by Crippen LogP contribution is 2.27. The summed E-state index contributed by atoms with van der Waals surface area (Å²) in [6, 6.07) is 6.31. The number of amides is 1. The first-order valence-electron chi connectivity index (χ1n) is 7.44. The van der Waals surface area contributed by atoms with E-state index in [0.717, 1.165) is 18.4 Å². The lowest BCUT2D eigenvalue weighted by molar-refractivity contribution is 0.0285. The van der Waals surface area contributed by atoms with Crippen LogP contribution in [0.15, 0.2) is 18.2 Å². The molecule has 1 aliphatic rings. The number of nitrogens with zero attached hydrogens (tertiary/aromatic N) is 1. The first-order valence-corrected chi connectivity index (χ1v) is 7.44. The zero-order valence-electron chi connectivity index (χ0n) is 13.3. The van der Waals surface area contributed by atoms with E-state index < -0.39 is 5.60 Å². The highest BCUT2D eigenvalue weighted by molar-refractivity contribution is 5.67. The molecule has 0 bridgehead atoms. The Hall–Kier alpha value is -1.55. The predicted molar refractivity (Wildman–Crippen MR) is 82.1 cm³/mol. The summed E-state index contributed by atoms with van der Waals surface area (Å²) < 4.78 is 5.35. The van der Waals surface area contributed by atoms with Gasteiger partial charge in [0.15, 0.2) is 0 Å². The molecule has 0 fully saturated rings. The van der Waals surface area contributed by atoms with Gasteiger partial charge in [0, 0.05) is 20.2 Å². The Morgan fingerprint density at radius 1 is 1.33 bits per heavy atom. The molecule has 1 aromatic carbocycles. The van der Waals surface area contributed by atoms with Crippen molar-refractivity contribution in [3.63, 3.8) is 0 Å². The third-order valence-corrected chi connectivity index (χ3v) is 3.67. The summed E-state index contributed by atoms with van der Waals surface area (Å²) >= 11 is 0. The second-order valence-electron chi connectivity index (χ2n) is 6.90. The molecule has 4 heteroatoms. The fourth-order valence-electron chi connectivity index (χ4n) is 2.67. The second-order valence-corrected chi connectivity index (χ2v) is 6.90. The lowest BCUT2D eigenvalue weighted by atomic mass is 10.1. The fourth-order valence-corrected chi connectivity index (χ4v) is 2.67. The number of rotatable bonds is 3. The summed E-state index contributed by atoms with van der Waals surface area (Å²) in [5, 5.41) is 9.26. The molecular weight excluding hydrogens is 266 g/mol. The molecule has 0 radical (unpaired) electrons. The minimum absolute atomic E-state index is 0.238. The van der Waals surface area contributed by atoms with E-state index in [2.05, 4.69) is 18.2 Å². The molecule has 0 saturated carbocycles. The third-order valence-electron chi connectivity index (χ3n) is 3.67. The quantitative estimate of drug-likeness (QED) is 0.931. The van der Waals surface area contributed by atoms with Gasteiger partial charge in [0.05, 0.1) is 0 Å². The minimum atomic E-state index is -0.475. The summed E-state index contributed by atoms with van der Waals surface area (Å²) in [6.07, 6.45) is 1.57. The maximum atomic E-state index is 12.0. The predicted octanol–water partition coefficient (Wildman–Crippen LogP) is 2.76. The van der Waals surface area contributed by atoms with Crippen molar-refractivity contribution in [3.8, 4) is 0 Å². The second kappa shape index (κ2) is 6.06. The lowest BCUT2D eigenvalue weighted by Crippen LogP contribution is -2.33. The molecule has 0 aromatic heterocycles. The Labute approximate surface area is 126 Å². The van der Waals surface area contributed by atoms with Crippen LogP contribution in [0.25, 0.3) is 0 Å². The van der Waals surface area contributed by atoms with E-state index >= 15 is 0 Å². The fraction of sp³-hybridized carbons (Fsp3) is 0.588. The molecule has 1 amide bonds. The van der Waals surface area contributed by atoms with Crippen molar-refractivity contribution in [2.75, 3.05) is 13.7 Å². The molecule has 1 aromatic rings. The molecule has 0 aliphatic heterocycles. The van der Waals surface area contributed by atoms with Crippen LogP contribution in [-0.2, 0) is 24.1 Å². The molecule has 0 heterocycles. The molecule has 21 heavy (non-hydrogen) atoms. The van der Waals surface area contributed by atoms with Crippen LogP contribution >= 0.6 is 0 Å². The Kier molecular flexibility index (Phi) is 4.57. The molecule has 1 aliphatic carbocycles. The highest BCUT2D eigenvalue weighted by Gasteiger charge is 2.22. The van der Waals surface area contributed by atoms with Gasteiger partial charge >= 0.3 is 6.09 Å². The largest absolute Gasteiger partial charge is 0.444 e. The number of aliphatic hydroxyl groups excluding tert-OH is 1. The molecule has 1 N–H and O–H groups in total. The van der Waals surface area contributed by atoms with Gasteiger partial charge in [-0.25, -0.2) is 4.79 Å². The van der Waals surface area contributed by atoms with Crippen molar-refractivity contribution in [1.82, 2.24) is 4.90 Å². The number of fused-ring (bicyclic) bond motifs is 1. The van der Waals surface area contributed by atoms with Crippen LogP contribution in [0, 0.1) is 5.92 Å². The lowest BCUT2D eigenvalue weighted by Gasteiger charge is -2.24. The van der Waals surface area contributed by atoms with Gasteiger partial charge in [-0.3, -0.25) is 0 Å². The van der Waals surface area contributed by atoms with E-state index in [1.165, 1.54) is 11.1 Å². The number of aliphatic hydroxyl groups is 1. The number of hydrogen-bond acceptors (Lipinski definition) is 3. The number of ether oxygens (including phenoxy) is 1. The first kappa shape index (κ1) is 15.8. The molecule has 2 rings (SSSR count). The monoisotopic (exact) mass is 291 g/mol. The molecule has 116 valence electrons. The number of benzene rings is 1. The zero-order chi connectivity index (χ0) is 15.6. The van der Waals surface area contributed by atoms with Crippen molar-refractivity contribution in [2.24, 2.45) is 5.92 Å². The van der Waals surface area contributed by atoms with Crippen molar-refractivity contribution in [1.29, 1.82) is 0 Å². The van der Waals surface area contributed by atoms with Crippen molar-refractivity contribution >= 4 is 6.09 Å². The van der Waals surface area contributed by atoms with E-state index in [9.17, 15) is 9.90 Å². The Morgan fingerprint density at radius 2 is 2.00 bits per heavy atom. The van der Waals surface area contributed by atoms with Crippen molar-refractivity contribution in [3.05, 3.63) is 34.9 Å². The van der Waals surface area contributed by atoms with Gasteiger partial charge in [0.2, 0.25) is 0 Å². The third kappa shape index (κ3) is 4.21. The SMILES string of the molecule is CN(Cc1ccc2c(c1)C[C@H](CO)C2)C(=O)OC(C)(C)C. The van der Waals surface area contributed by atoms with E-state index in [1.54, 1.807) is 11.9 Å². The number of carbonyl (C=O) groups is 1. The van der Waals surface area contributed by atoms with Crippen LogP contribution < -0.4 is 0 Å². The minimum Gasteiger partial charge on any atom is -0.444 e. The van der Waals surface area contributed by atoms with Crippen molar-refractivity contribution in [2.45, 2.75) is 45.8 Å². The highest BCUT2D eigenvalue weighted by atomic mass is 16.6. The molecule has 0 saturated heterocycles. The van der Waals surface area contributed by atoms with Gasteiger partial charge in [0.1, 0.15) is 5.60 Å². The Bertz CT molecular complexity index is 519. The van der Waals surface area contributed by atoms with Crippen LogP contribution in [-0.4, -0.2) is 35.4 Å². The van der Waals surface area contributed by atoms with Gasteiger partial charge in [-0.1, -0.05) is 18.2 Å². The smallest absolute Gasteiger partial charge is 0.410 e. The van der Waals surface area contributed by atoms with Gasteiger partial charge < -0.3 is 14.7 Å². The standard InChI is InChI=1S/C17H25NO3/c1-17(2,3)21-16(20)18(4)10-12-5-6-14-8-13(11-19)9-15(14)7-12/h5-7,13,19H,8-11H2,1-4H3/t13-/m1/s1. The van der Waals surface area contributed by atoms with Crippen LogP contribution in [0.3, 0.4) is 0 Å². The summed E-state index contributed by atoms with van der Waals surface area (Å²) in [6.45, 7) is 6.36. The topological polar surface area (TPSA) is 49.8 Å². The molecular formula is C17H25NO3. The average Bonchev–Trinajstić information content (AvgIpc) is 2.78. The van der Waals surface area contributed by atoms with Gasteiger partial charge in [0.25, 0.3) is 0 Å². The molecule has 0 spiro atoms. The average molecular weight is 291 g/mol. The molecule has 4 nitrogen and oxygen atoms in total. The maximum absolute atomic E-state index is 12.0. The van der Waals surface area contributed by atoms with E-state index in [1.807, 2.05) is 20.8 Å². The summed E-state index contributed by atoms with van der Waals surface area (Å²) in [4.78, 5) is 13.6. The van der Waals surface area contributed by atoms with Gasteiger partial charge in [-0.15, -0.1) is 0 Å². The molecule has 0 unspecified atom stereocenters. The van der Waals surface area contributed by atoms with Gasteiger partial charge in [-0.05, 0) is 56.2 Å². The summed E-state index contributed by atoms with van der Waals surface area (Å²) in [7, 11) is 1.75. The van der Waals surface area contributed by atoms with Gasteiger partial charge in [-0.2, -0.15) is 0 Å². The van der Waals surface area contributed by atoms with E-state index in [0.29, 0.717) is 12.5 Å². The van der Waals surface area contributed by atoms with E-state index in [-0.39, 0.29) is 12.7 Å². The zero-order valence-corrected chi connectivity index (χ0v) is 13.3. The van der Waals surface area contributed by atoms with Crippen LogP contribution in [0.4, 0.5) is 4.79 Å². The normalized spacial score (nSPS) is 17.5. The summed E-state index contributed by atoms with van der Waals surface area (Å²) in [5.74, 6) is 0.346.